The highest BCUT2D eigenvalue weighted by Crippen LogP contribution is 2.21. The van der Waals surface area contributed by atoms with E-state index in [2.05, 4.69) is 0 Å². The average molecular weight is 293 g/mol. The molecule has 0 saturated carbocycles. The first kappa shape index (κ1) is 14.5. The zero-order chi connectivity index (χ0) is 14.7. The standard InChI is InChI=1S/C16H14ClFO2/c1-10-6-7-14(18)15(8-10)20-11(2)16(19)12-4-3-5-13(17)9-12/h3-9,11H,1-2H3. The molecule has 0 spiro atoms. The van der Waals surface area contributed by atoms with E-state index in [1.54, 1.807) is 43.3 Å². The molecule has 1 atom stereocenters. The maximum Gasteiger partial charge on any atom is 0.203 e. The molecule has 0 aliphatic carbocycles. The van der Waals surface area contributed by atoms with Crippen molar-refractivity contribution in [2.75, 3.05) is 0 Å². The third-order valence-corrected chi connectivity index (χ3v) is 3.10. The summed E-state index contributed by atoms with van der Waals surface area (Å²) in [6.45, 7) is 3.42. The van der Waals surface area contributed by atoms with Crippen LogP contribution in [0.3, 0.4) is 0 Å². The molecule has 0 radical (unpaired) electrons. The summed E-state index contributed by atoms with van der Waals surface area (Å²) in [5.74, 6) is -0.650. The van der Waals surface area contributed by atoms with E-state index in [9.17, 15) is 9.18 Å². The molecule has 0 amide bonds. The first-order valence-corrected chi connectivity index (χ1v) is 6.58. The van der Waals surface area contributed by atoms with Crippen molar-refractivity contribution >= 4 is 17.4 Å². The van der Waals surface area contributed by atoms with Gasteiger partial charge in [-0.15, -0.1) is 0 Å². The summed E-state index contributed by atoms with van der Waals surface area (Å²) >= 11 is 5.85. The van der Waals surface area contributed by atoms with Crippen LogP contribution in [0.4, 0.5) is 4.39 Å². The van der Waals surface area contributed by atoms with Crippen molar-refractivity contribution < 1.29 is 13.9 Å². The van der Waals surface area contributed by atoms with E-state index in [1.165, 1.54) is 6.07 Å². The van der Waals surface area contributed by atoms with E-state index in [0.29, 0.717) is 10.6 Å². The molecule has 0 aliphatic heterocycles. The predicted molar refractivity (Wildman–Crippen MR) is 77.0 cm³/mol. The van der Waals surface area contributed by atoms with Crippen molar-refractivity contribution in [1.82, 2.24) is 0 Å². The lowest BCUT2D eigenvalue weighted by Gasteiger charge is -2.15. The largest absolute Gasteiger partial charge is 0.479 e. The molecule has 20 heavy (non-hydrogen) atoms. The summed E-state index contributed by atoms with van der Waals surface area (Å²) in [6, 6.07) is 11.1. The van der Waals surface area contributed by atoms with Gasteiger partial charge in [0.2, 0.25) is 5.78 Å². The van der Waals surface area contributed by atoms with Gasteiger partial charge in [0.15, 0.2) is 17.7 Å². The van der Waals surface area contributed by atoms with Gasteiger partial charge in [-0.2, -0.15) is 0 Å². The van der Waals surface area contributed by atoms with Crippen molar-refractivity contribution in [2.24, 2.45) is 0 Å². The minimum atomic E-state index is -0.787. The van der Waals surface area contributed by atoms with Crippen LogP contribution in [0.5, 0.6) is 5.75 Å². The molecule has 2 aromatic rings. The molecule has 0 fully saturated rings. The molecule has 0 heterocycles. The van der Waals surface area contributed by atoms with Crippen molar-refractivity contribution in [3.8, 4) is 5.75 Å². The Balaban J connectivity index is 2.17. The van der Waals surface area contributed by atoms with Crippen molar-refractivity contribution in [3.63, 3.8) is 0 Å². The Bertz CT molecular complexity index is 640. The Hall–Kier alpha value is -1.87. The van der Waals surface area contributed by atoms with Crippen molar-refractivity contribution in [1.29, 1.82) is 0 Å². The fourth-order valence-electron chi connectivity index (χ4n) is 1.82. The second kappa shape index (κ2) is 6.06. The summed E-state index contributed by atoms with van der Waals surface area (Å²) in [6.07, 6.45) is -0.787. The lowest BCUT2D eigenvalue weighted by atomic mass is 10.1. The number of benzene rings is 2. The monoisotopic (exact) mass is 292 g/mol. The maximum absolute atomic E-state index is 13.6. The zero-order valence-electron chi connectivity index (χ0n) is 11.2. The second-order valence-corrected chi connectivity index (χ2v) is 5.00. The van der Waals surface area contributed by atoms with Crippen LogP contribution in [0.2, 0.25) is 5.02 Å². The summed E-state index contributed by atoms with van der Waals surface area (Å²) in [5, 5.41) is 0.477. The molecule has 4 heteroatoms. The minimum absolute atomic E-state index is 0.0767. The number of ketones is 1. The van der Waals surface area contributed by atoms with Gasteiger partial charge in [0.05, 0.1) is 0 Å². The van der Waals surface area contributed by atoms with Crippen LogP contribution < -0.4 is 4.74 Å². The number of carbonyl (C=O) groups excluding carboxylic acids is 1. The van der Waals surface area contributed by atoms with Crippen LogP contribution in [0, 0.1) is 12.7 Å². The summed E-state index contributed by atoms with van der Waals surface area (Å²) in [4.78, 5) is 12.2. The fraction of sp³-hybridized carbons (Fsp3) is 0.188. The molecule has 2 rings (SSSR count). The van der Waals surface area contributed by atoms with Gasteiger partial charge in [-0.1, -0.05) is 29.8 Å². The Morgan fingerprint density at radius 3 is 2.70 bits per heavy atom. The highest BCUT2D eigenvalue weighted by atomic mass is 35.5. The number of aryl methyl sites for hydroxylation is 1. The van der Waals surface area contributed by atoms with Gasteiger partial charge in [0.25, 0.3) is 0 Å². The van der Waals surface area contributed by atoms with E-state index in [1.807, 2.05) is 6.92 Å². The van der Waals surface area contributed by atoms with Crippen LogP contribution in [-0.2, 0) is 0 Å². The van der Waals surface area contributed by atoms with Crippen LogP contribution in [0.1, 0.15) is 22.8 Å². The molecule has 0 aromatic heterocycles. The van der Waals surface area contributed by atoms with Gasteiger partial charge in [0.1, 0.15) is 0 Å². The number of hydrogen-bond acceptors (Lipinski definition) is 2. The molecule has 2 aromatic carbocycles. The predicted octanol–water partition coefficient (Wildman–Crippen LogP) is 4.44. The highest BCUT2D eigenvalue weighted by Gasteiger charge is 2.18. The van der Waals surface area contributed by atoms with E-state index in [-0.39, 0.29) is 11.5 Å². The molecule has 0 bridgehead atoms. The number of carbonyl (C=O) groups is 1. The maximum atomic E-state index is 13.6. The van der Waals surface area contributed by atoms with Gasteiger partial charge in [0, 0.05) is 10.6 Å². The van der Waals surface area contributed by atoms with Gasteiger partial charge >= 0.3 is 0 Å². The Morgan fingerprint density at radius 2 is 2.00 bits per heavy atom. The smallest absolute Gasteiger partial charge is 0.203 e. The molecular formula is C16H14ClFO2. The number of hydrogen-bond donors (Lipinski definition) is 0. The third kappa shape index (κ3) is 3.36. The number of ether oxygens (including phenoxy) is 1. The van der Waals surface area contributed by atoms with E-state index in [0.717, 1.165) is 5.56 Å². The Kier molecular flexibility index (Phi) is 4.40. The van der Waals surface area contributed by atoms with Gasteiger partial charge in [-0.05, 0) is 43.7 Å². The second-order valence-electron chi connectivity index (χ2n) is 4.57. The van der Waals surface area contributed by atoms with Crippen molar-refractivity contribution in [2.45, 2.75) is 20.0 Å². The average Bonchev–Trinajstić information content (AvgIpc) is 2.42. The molecule has 0 saturated heterocycles. The molecule has 0 N–H and O–H groups in total. The molecule has 1 unspecified atom stereocenters. The SMILES string of the molecule is Cc1ccc(F)c(OC(C)C(=O)c2cccc(Cl)c2)c1. The first-order chi connectivity index (χ1) is 9.47. The summed E-state index contributed by atoms with van der Waals surface area (Å²) in [7, 11) is 0. The summed E-state index contributed by atoms with van der Waals surface area (Å²) < 4.78 is 19.0. The summed E-state index contributed by atoms with van der Waals surface area (Å²) in [5.41, 5.74) is 1.31. The lowest BCUT2D eigenvalue weighted by molar-refractivity contribution is 0.0812. The van der Waals surface area contributed by atoms with Gasteiger partial charge < -0.3 is 4.74 Å². The zero-order valence-corrected chi connectivity index (χ0v) is 11.9. The molecule has 0 aliphatic rings. The highest BCUT2D eigenvalue weighted by molar-refractivity contribution is 6.31. The van der Waals surface area contributed by atoms with Crippen LogP contribution >= 0.6 is 11.6 Å². The molecule has 104 valence electrons. The first-order valence-electron chi connectivity index (χ1n) is 6.20. The van der Waals surface area contributed by atoms with Crippen LogP contribution in [0.25, 0.3) is 0 Å². The van der Waals surface area contributed by atoms with E-state index in [4.69, 9.17) is 16.3 Å². The Labute approximate surface area is 122 Å². The lowest BCUT2D eigenvalue weighted by Crippen LogP contribution is -2.24. The quantitative estimate of drug-likeness (QED) is 0.779. The normalized spacial score (nSPS) is 12.0. The van der Waals surface area contributed by atoms with Crippen molar-refractivity contribution in [3.05, 3.63) is 64.4 Å². The fourth-order valence-corrected chi connectivity index (χ4v) is 2.01. The van der Waals surface area contributed by atoms with E-state index < -0.39 is 11.9 Å². The molecular weight excluding hydrogens is 279 g/mol. The minimum Gasteiger partial charge on any atom is -0.479 e. The van der Waals surface area contributed by atoms with E-state index >= 15 is 0 Å². The van der Waals surface area contributed by atoms with Crippen LogP contribution in [0.15, 0.2) is 42.5 Å². The Morgan fingerprint density at radius 1 is 1.25 bits per heavy atom. The van der Waals surface area contributed by atoms with Gasteiger partial charge in [-0.25, -0.2) is 4.39 Å². The topological polar surface area (TPSA) is 26.3 Å². The number of halogens is 2. The van der Waals surface area contributed by atoms with Gasteiger partial charge in [-0.3, -0.25) is 4.79 Å². The third-order valence-electron chi connectivity index (χ3n) is 2.87. The molecule has 2 nitrogen and oxygen atoms in total. The number of rotatable bonds is 4. The number of Topliss-reactive ketones (excluding diaryl/α,β-unsaturated/α-hetero) is 1. The van der Waals surface area contributed by atoms with Crippen LogP contribution in [-0.4, -0.2) is 11.9 Å².